The fraction of sp³-hybridized carbons (Fsp3) is 0.500. The third kappa shape index (κ3) is 2.40. The van der Waals surface area contributed by atoms with Crippen molar-refractivity contribution < 1.29 is 13.5 Å². The van der Waals surface area contributed by atoms with Gasteiger partial charge in [-0.2, -0.15) is 5.26 Å². The van der Waals surface area contributed by atoms with Crippen LogP contribution in [-0.4, -0.2) is 52.3 Å². The Hall–Kier alpha value is -2.21. The molecular formula is C20H22N4O3S. The van der Waals surface area contributed by atoms with E-state index in [1.54, 1.807) is 6.07 Å². The molecule has 28 heavy (non-hydrogen) atoms. The van der Waals surface area contributed by atoms with Crippen LogP contribution in [0.1, 0.15) is 30.9 Å². The van der Waals surface area contributed by atoms with E-state index in [2.05, 4.69) is 21.7 Å². The summed E-state index contributed by atoms with van der Waals surface area (Å²) in [5.74, 6) is -0.383. The Morgan fingerprint density at radius 1 is 1.29 bits per heavy atom. The molecule has 2 aliphatic heterocycles. The number of sulfonamides is 1. The Balaban J connectivity index is 1.35. The van der Waals surface area contributed by atoms with E-state index in [9.17, 15) is 13.5 Å². The van der Waals surface area contributed by atoms with Crippen LogP contribution in [-0.2, 0) is 10.0 Å². The van der Waals surface area contributed by atoms with Crippen LogP contribution in [0.5, 0.6) is 0 Å². The fourth-order valence-electron chi connectivity index (χ4n) is 5.47. The number of aliphatic hydroxyl groups excluding tert-OH is 1. The molecule has 1 saturated carbocycles. The molecule has 1 aromatic heterocycles. The average molecular weight is 398 g/mol. The van der Waals surface area contributed by atoms with Gasteiger partial charge in [0.1, 0.15) is 0 Å². The molecule has 2 fully saturated rings. The number of rotatable bonds is 3. The molecule has 1 saturated heterocycles. The Morgan fingerprint density at radius 2 is 2.04 bits per heavy atom. The Bertz CT molecular complexity index is 1060. The second kappa shape index (κ2) is 6.14. The summed E-state index contributed by atoms with van der Waals surface area (Å²) in [6, 6.07) is 10.1. The number of nitriles is 1. The van der Waals surface area contributed by atoms with Crippen molar-refractivity contribution >= 4 is 10.0 Å². The van der Waals surface area contributed by atoms with Gasteiger partial charge in [-0.3, -0.25) is 0 Å². The third-order valence-electron chi connectivity index (χ3n) is 6.96. The number of nitrogens with zero attached hydrogens (tertiary/aromatic N) is 4. The van der Waals surface area contributed by atoms with E-state index in [-0.39, 0.29) is 17.4 Å². The van der Waals surface area contributed by atoms with Crippen LogP contribution >= 0.6 is 0 Å². The normalized spacial score (nSPS) is 28.4. The van der Waals surface area contributed by atoms with Crippen molar-refractivity contribution in [3.63, 3.8) is 0 Å². The van der Waals surface area contributed by atoms with Gasteiger partial charge in [0.05, 0.1) is 36.4 Å². The highest BCUT2D eigenvalue weighted by molar-refractivity contribution is 7.89. The van der Waals surface area contributed by atoms with E-state index < -0.39 is 21.9 Å². The van der Waals surface area contributed by atoms with E-state index in [0.717, 1.165) is 12.1 Å². The summed E-state index contributed by atoms with van der Waals surface area (Å²) in [6.45, 7) is 0.761. The first kappa shape index (κ1) is 17.9. The smallest absolute Gasteiger partial charge is 0.227 e. The summed E-state index contributed by atoms with van der Waals surface area (Å²) in [7, 11) is -3.51. The first-order valence-corrected chi connectivity index (χ1v) is 11.2. The SMILES string of the molecule is N#CCS(=O)(=O)N1CCC2(CC1)C[C@@H]([C@@H]1c3ccccc3-c3cncn31)[C@@H]2O. The van der Waals surface area contributed by atoms with Crippen LogP contribution in [0.25, 0.3) is 11.3 Å². The summed E-state index contributed by atoms with van der Waals surface area (Å²) in [5, 5.41) is 19.9. The summed E-state index contributed by atoms with van der Waals surface area (Å²) >= 11 is 0. The summed E-state index contributed by atoms with van der Waals surface area (Å²) in [6.07, 6.45) is 5.39. The van der Waals surface area contributed by atoms with Crippen LogP contribution in [0.2, 0.25) is 0 Å². The van der Waals surface area contributed by atoms with Crippen molar-refractivity contribution in [3.05, 3.63) is 42.4 Å². The molecule has 3 heterocycles. The second-order valence-electron chi connectivity index (χ2n) is 8.21. The van der Waals surface area contributed by atoms with Crippen molar-refractivity contribution in [1.82, 2.24) is 13.9 Å². The highest BCUT2D eigenvalue weighted by atomic mass is 32.2. The number of hydrogen-bond donors (Lipinski definition) is 1. The van der Waals surface area contributed by atoms with Crippen LogP contribution in [0.4, 0.5) is 0 Å². The zero-order valence-corrected chi connectivity index (χ0v) is 16.2. The minimum Gasteiger partial charge on any atom is -0.392 e. The highest BCUT2D eigenvalue weighted by Crippen LogP contribution is 2.59. The lowest BCUT2D eigenvalue weighted by atomic mass is 9.53. The van der Waals surface area contributed by atoms with Crippen molar-refractivity contribution in [2.24, 2.45) is 11.3 Å². The molecule has 1 aliphatic carbocycles. The van der Waals surface area contributed by atoms with Gasteiger partial charge in [-0.25, -0.2) is 17.7 Å². The molecule has 5 rings (SSSR count). The maximum absolute atomic E-state index is 12.1. The number of aliphatic hydroxyl groups is 1. The molecule has 1 spiro atoms. The Labute approximate surface area is 164 Å². The van der Waals surface area contributed by atoms with Crippen LogP contribution < -0.4 is 0 Å². The minimum atomic E-state index is -3.51. The molecule has 146 valence electrons. The van der Waals surface area contributed by atoms with Crippen LogP contribution in [0.3, 0.4) is 0 Å². The summed E-state index contributed by atoms with van der Waals surface area (Å²) in [4.78, 5) is 4.30. The summed E-state index contributed by atoms with van der Waals surface area (Å²) in [5.41, 5.74) is 3.27. The molecular weight excluding hydrogens is 376 g/mol. The second-order valence-corrected chi connectivity index (χ2v) is 10.2. The highest BCUT2D eigenvalue weighted by Gasteiger charge is 2.58. The zero-order valence-electron chi connectivity index (χ0n) is 15.4. The lowest BCUT2D eigenvalue weighted by Crippen LogP contribution is -2.60. The van der Waals surface area contributed by atoms with E-state index in [4.69, 9.17) is 5.26 Å². The number of imidazole rings is 1. The van der Waals surface area contributed by atoms with Gasteiger partial charge in [0.15, 0.2) is 5.75 Å². The van der Waals surface area contributed by atoms with Gasteiger partial charge in [0.2, 0.25) is 10.0 Å². The molecule has 0 bridgehead atoms. The topological polar surface area (TPSA) is 99.2 Å². The predicted octanol–water partition coefficient (Wildman–Crippen LogP) is 1.77. The van der Waals surface area contributed by atoms with Crippen LogP contribution in [0, 0.1) is 22.7 Å². The lowest BCUT2D eigenvalue weighted by Gasteiger charge is -2.57. The van der Waals surface area contributed by atoms with Gasteiger partial charge < -0.3 is 9.67 Å². The molecule has 7 nitrogen and oxygen atoms in total. The molecule has 1 N–H and O–H groups in total. The first-order chi connectivity index (χ1) is 13.5. The van der Waals surface area contributed by atoms with E-state index in [0.29, 0.717) is 25.9 Å². The van der Waals surface area contributed by atoms with E-state index in [1.807, 2.05) is 24.7 Å². The Kier molecular flexibility index (Phi) is 3.92. The summed E-state index contributed by atoms with van der Waals surface area (Å²) < 4.78 is 27.8. The number of piperidine rings is 1. The number of fused-ring (bicyclic) bond motifs is 3. The van der Waals surface area contributed by atoms with Gasteiger partial charge in [-0.15, -0.1) is 0 Å². The fourth-order valence-corrected chi connectivity index (χ4v) is 6.56. The van der Waals surface area contributed by atoms with Gasteiger partial charge in [-0.1, -0.05) is 24.3 Å². The van der Waals surface area contributed by atoms with Gasteiger partial charge in [0, 0.05) is 24.6 Å². The molecule has 3 atom stereocenters. The van der Waals surface area contributed by atoms with Crippen molar-refractivity contribution in [2.75, 3.05) is 18.8 Å². The molecule has 0 amide bonds. The molecule has 0 unspecified atom stereocenters. The number of benzene rings is 1. The maximum atomic E-state index is 12.1. The lowest BCUT2D eigenvalue weighted by molar-refractivity contribution is -0.152. The minimum absolute atomic E-state index is 0.0784. The molecule has 0 radical (unpaired) electrons. The van der Waals surface area contributed by atoms with Crippen molar-refractivity contribution in [3.8, 4) is 17.3 Å². The molecule has 1 aromatic carbocycles. The quantitative estimate of drug-likeness (QED) is 0.849. The number of aromatic nitrogens is 2. The molecule has 8 heteroatoms. The molecule has 3 aliphatic rings. The van der Waals surface area contributed by atoms with Gasteiger partial charge >= 0.3 is 0 Å². The third-order valence-corrected chi connectivity index (χ3v) is 8.61. The van der Waals surface area contributed by atoms with Crippen LogP contribution in [0.15, 0.2) is 36.8 Å². The number of hydrogen-bond acceptors (Lipinski definition) is 5. The van der Waals surface area contributed by atoms with E-state index in [1.165, 1.54) is 15.4 Å². The van der Waals surface area contributed by atoms with Gasteiger partial charge in [0.25, 0.3) is 0 Å². The van der Waals surface area contributed by atoms with Crippen molar-refractivity contribution in [2.45, 2.75) is 31.4 Å². The Morgan fingerprint density at radius 3 is 2.75 bits per heavy atom. The maximum Gasteiger partial charge on any atom is 0.227 e. The largest absolute Gasteiger partial charge is 0.392 e. The standard InChI is InChI=1S/C20H22N4O3S/c21-7-10-28(26,27)23-8-5-20(6-9-23)11-16(19(20)25)18-15-4-2-1-3-14(15)17-12-22-13-24(17)18/h1-4,12-13,16,18-19,25H,5-6,8-11H2/t16-,18-,19-/m0/s1. The van der Waals surface area contributed by atoms with Gasteiger partial charge in [-0.05, 0) is 30.2 Å². The zero-order chi connectivity index (χ0) is 19.5. The monoisotopic (exact) mass is 398 g/mol. The van der Waals surface area contributed by atoms with Crippen molar-refractivity contribution in [1.29, 1.82) is 5.26 Å². The predicted molar refractivity (Wildman–Crippen MR) is 103 cm³/mol. The van der Waals surface area contributed by atoms with E-state index >= 15 is 0 Å². The first-order valence-electron chi connectivity index (χ1n) is 9.61. The molecule has 2 aromatic rings. The average Bonchev–Trinajstić information content (AvgIpc) is 3.27.